The molecule has 0 radical (unpaired) electrons. The molecule has 0 bridgehead atoms. The number of aliphatic imine (C=N–C) groups is 1. The van der Waals surface area contributed by atoms with Gasteiger partial charge in [-0.2, -0.15) is 0 Å². The van der Waals surface area contributed by atoms with E-state index in [2.05, 4.69) is 10.3 Å². The van der Waals surface area contributed by atoms with Crippen LogP contribution in [0.1, 0.15) is 25.8 Å². The summed E-state index contributed by atoms with van der Waals surface area (Å²) in [6.07, 6.45) is 0.819. The van der Waals surface area contributed by atoms with Crippen molar-refractivity contribution in [2.45, 2.75) is 26.8 Å². The Hall–Kier alpha value is -2.04. The average Bonchev–Trinajstić information content (AvgIpc) is 2.35. The van der Waals surface area contributed by atoms with Gasteiger partial charge in [0.2, 0.25) is 5.91 Å². The van der Waals surface area contributed by atoms with Gasteiger partial charge < -0.3 is 16.8 Å². The van der Waals surface area contributed by atoms with Crippen molar-refractivity contribution in [1.82, 2.24) is 0 Å². The molecule has 1 aromatic rings. The number of carbonyl (C=O) groups excluding carboxylic acids is 1. The number of hydrogen-bond donors (Lipinski definition) is 3. The van der Waals surface area contributed by atoms with Crippen molar-refractivity contribution in [3.05, 3.63) is 29.8 Å². The highest BCUT2D eigenvalue weighted by molar-refractivity contribution is 5.92. The maximum Gasteiger partial charge on any atom is 0.227 e. The minimum Gasteiger partial charge on any atom is -0.370 e. The van der Waals surface area contributed by atoms with Gasteiger partial charge in [-0.25, -0.2) is 4.99 Å². The van der Waals surface area contributed by atoms with Crippen molar-refractivity contribution in [3.63, 3.8) is 0 Å². The molecule has 0 spiro atoms. The van der Waals surface area contributed by atoms with Crippen LogP contribution in [0.15, 0.2) is 29.3 Å². The van der Waals surface area contributed by atoms with Gasteiger partial charge in [-0.3, -0.25) is 4.79 Å². The number of nitrogens with one attached hydrogen (secondary N) is 1. The maximum absolute atomic E-state index is 11.7. The second-order valence-electron chi connectivity index (χ2n) is 4.24. The lowest BCUT2D eigenvalue weighted by Gasteiger charge is -2.10. The summed E-state index contributed by atoms with van der Waals surface area (Å²) in [7, 11) is 0. The van der Waals surface area contributed by atoms with Crippen molar-refractivity contribution >= 4 is 17.6 Å². The van der Waals surface area contributed by atoms with E-state index in [4.69, 9.17) is 11.5 Å². The Bertz CT molecular complexity index is 438. The molecule has 5 heteroatoms. The zero-order chi connectivity index (χ0) is 13.5. The molecule has 0 aliphatic rings. The van der Waals surface area contributed by atoms with Gasteiger partial charge >= 0.3 is 0 Å². The third-order valence-electron chi connectivity index (χ3n) is 2.70. The molecule has 5 N–H and O–H groups in total. The molecular weight excluding hydrogens is 228 g/mol. The van der Waals surface area contributed by atoms with Crippen LogP contribution in [-0.2, 0) is 11.3 Å². The van der Waals surface area contributed by atoms with Crippen LogP contribution >= 0.6 is 0 Å². The molecule has 1 aromatic carbocycles. The third kappa shape index (κ3) is 4.45. The lowest BCUT2D eigenvalue weighted by atomic mass is 10.1. The lowest BCUT2D eigenvalue weighted by molar-refractivity contribution is -0.119. The van der Waals surface area contributed by atoms with E-state index < -0.39 is 0 Å². The number of nitrogens with two attached hydrogens (primary N) is 2. The molecule has 0 heterocycles. The van der Waals surface area contributed by atoms with Crippen molar-refractivity contribution in [1.29, 1.82) is 0 Å². The van der Waals surface area contributed by atoms with Gasteiger partial charge in [0.25, 0.3) is 0 Å². The van der Waals surface area contributed by atoms with E-state index in [1.165, 1.54) is 0 Å². The van der Waals surface area contributed by atoms with E-state index in [1.807, 2.05) is 38.1 Å². The van der Waals surface area contributed by atoms with Gasteiger partial charge in [-0.05, 0) is 24.1 Å². The van der Waals surface area contributed by atoms with Gasteiger partial charge in [-0.1, -0.05) is 26.0 Å². The number of guanidine groups is 1. The van der Waals surface area contributed by atoms with Crippen LogP contribution in [0.5, 0.6) is 0 Å². The summed E-state index contributed by atoms with van der Waals surface area (Å²) in [6, 6.07) is 7.49. The zero-order valence-corrected chi connectivity index (χ0v) is 10.8. The predicted molar refractivity (Wildman–Crippen MR) is 74.0 cm³/mol. The summed E-state index contributed by atoms with van der Waals surface area (Å²) >= 11 is 0. The molecule has 1 atom stereocenters. The molecule has 18 heavy (non-hydrogen) atoms. The SMILES string of the molecule is CCC(C)C(=O)Nc1cccc(CN=C(N)N)c1. The van der Waals surface area contributed by atoms with Crippen molar-refractivity contribution < 1.29 is 4.79 Å². The average molecular weight is 248 g/mol. The molecule has 0 fully saturated rings. The first kappa shape index (κ1) is 14.0. The summed E-state index contributed by atoms with van der Waals surface area (Å²) in [5, 5.41) is 2.87. The summed E-state index contributed by atoms with van der Waals surface area (Å²) in [4.78, 5) is 15.7. The molecular formula is C13H20N4O. The zero-order valence-electron chi connectivity index (χ0n) is 10.8. The van der Waals surface area contributed by atoms with Gasteiger partial charge in [-0.15, -0.1) is 0 Å². The highest BCUT2D eigenvalue weighted by Gasteiger charge is 2.10. The predicted octanol–water partition coefficient (Wildman–Crippen LogP) is 1.44. The summed E-state index contributed by atoms with van der Waals surface area (Å²) < 4.78 is 0. The second kappa shape index (κ2) is 6.64. The summed E-state index contributed by atoms with van der Waals surface area (Å²) in [6.45, 7) is 4.30. The van der Waals surface area contributed by atoms with Gasteiger partial charge in [0.15, 0.2) is 5.96 Å². The van der Waals surface area contributed by atoms with E-state index in [-0.39, 0.29) is 17.8 Å². The molecule has 1 amide bonds. The molecule has 0 saturated heterocycles. The van der Waals surface area contributed by atoms with Gasteiger partial charge in [0.1, 0.15) is 0 Å². The van der Waals surface area contributed by atoms with Crippen molar-refractivity contribution in [2.24, 2.45) is 22.4 Å². The minimum absolute atomic E-state index is 0.00589. The molecule has 0 saturated carbocycles. The smallest absolute Gasteiger partial charge is 0.227 e. The first-order valence-electron chi connectivity index (χ1n) is 5.98. The second-order valence-corrected chi connectivity index (χ2v) is 4.24. The first-order valence-corrected chi connectivity index (χ1v) is 5.98. The molecule has 0 aliphatic heterocycles. The first-order chi connectivity index (χ1) is 8.52. The Morgan fingerprint density at radius 1 is 1.44 bits per heavy atom. The van der Waals surface area contributed by atoms with E-state index in [9.17, 15) is 4.79 Å². The Kier molecular flexibility index (Phi) is 5.17. The van der Waals surface area contributed by atoms with E-state index >= 15 is 0 Å². The van der Waals surface area contributed by atoms with Gasteiger partial charge in [0.05, 0.1) is 6.54 Å². The molecule has 1 unspecified atom stereocenters. The number of amides is 1. The quantitative estimate of drug-likeness (QED) is 0.543. The summed E-state index contributed by atoms with van der Waals surface area (Å²) in [5.74, 6) is 0.0897. The highest BCUT2D eigenvalue weighted by Crippen LogP contribution is 2.13. The van der Waals surface area contributed by atoms with Crippen LogP contribution < -0.4 is 16.8 Å². The molecule has 98 valence electrons. The van der Waals surface area contributed by atoms with Crippen LogP contribution in [0.25, 0.3) is 0 Å². The monoisotopic (exact) mass is 248 g/mol. The number of hydrogen-bond acceptors (Lipinski definition) is 2. The van der Waals surface area contributed by atoms with Crippen LogP contribution in [0.2, 0.25) is 0 Å². The van der Waals surface area contributed by atoms with E-state index in [0.29, 0.717) is 6.54 Å². The minimum atomic E-state index is 0.00589. The van der Waals surface area contributed by atoms with E-state index in [0.717, 1.165) is 17.7 Å². The largest absolute Gasteiger partial charge is 0.370 e. The lowest BCUT2D eigenvalue weighted by Crippen LogP contribution is -2.22. The number of anilines is 1. The number of nitrogens with zero attached hydrogens (tertiary/aromatic N) is 1. The van der Waals surface area contributed by atoms with Crippen molar-refractivity contribution in [3.8, 4) is 0 Å². The standard InChI is InChI=1S/C13H20N4O/c1-3-9(2)12(18)17-11-6-4-5-10(7-11)8-16-13(14)15/h4-7,9H,3,8H2,1-2H3,(H,17,18)(H4,14,15,16). The Balaban J connectivity index is 2.70. The normalized spacial score (nSPS) is 11.7. The molecule has 5 nitrogen and oxygen atoms in total. The molecule has 0 aromatic heterocycles. The Morgan fingerprint density at radius 3 is 2.78 bits per heavy atom. The topological polar surface area (TPSA) is 93.5 Å². The summed E-state index contributed by atoms with van der Waals surface area (Å²) in [5.41, 5.74) is 12.3. The van der Waals surface area contributed by atoms with Crippen LogP contribution in [0, 0.1) is 5.92 Å². The van der Waals surface area contributed by atoms with E-state index in [1.54, 1.807) is 0 Å². The number of benzene rings is 1. The maximum atomic E-state index is 11.7. The fourth-order valence-electron chi connectivity index (χ4n) is 1.38. The number of carbonyl (C=O) groups is 1. The fraction of sp³-hybridized carbons (Fsp3) is 0.385. The van der Waals surface area contributed by atoms with Crippen LogP contribution in [-0.4, -0.2) is 11.9 Å². The van der Waals surface area contributed by atoms with Crippen LogP contribution in [0.4, 0.5) is 5.69 Å². The highest BCUT2D eigenvalue weighted by atomic mass is 16.1. The molecule has 0 aliphatic carbocycles. The van der Waals surface area contributed by atoms with Crippen molar-refractivity contribution in [2.75, 3.05) is 5.32 Å². The number of rotatable bonds is 5. The molecule has 1 rings (SSSR count). The Labute approximate surface area is 107 Å². The fourth-order valence-corrected chi connectivity index (χ4v) is 1.38. The Morgan fingerprint density at radius 2 is 2.17 bits per heavy atom. The third-order valence-corrected chi connectivity index (χ3v) is 2.70. The van der Waals surface area contributed by atoms with Crippen LogP contribution in [0.3, 0.4) is 0 Å². The van der Waals surface area contributed by atoms with Gasteiger partial charge in [0, 0.05) is 11.6 Å².